The lowest BCUT2D eigenvalue weighted by Crippen LogP contribution is -2.44. The first kappa shape index (κ1) is 14.9. The molecular formula is C16H25N3O. The van der Waals surface area contributed by atoms with Crippen LogP contribution in [0.5, 0.6) is 0 Å². The SMILES string of the molecule is CCCCCNC(=O)c1ccccc1N1CCNCC1. The van der Waals surface area contributed by atoms with E-state index in [9.17, 15) is 4.79 Å². The molecule has 2 N–H and O–H groups in total. The van der Waals surface area contributed by atoms with Gasteiger partial charge in [0.15, 0.2) is 0 Å². The number of para-hydroxylation sites is 1. The topological polar surface area (TPSA) is 44.4 Å². The van der Waals surface area contributed by atoms with Gasteiger partial charge in [0, 0.05) is 38.4 Å². The standard InChI is InChI=1S/C16H25N3O/c1-2-3-6-9-18-16(20)14-7-4-5-8-15(14)19-12-10-17-11-13-19/h4-5,7-8,17H,2-3,6,9-13H2,1H3,(H,18,20). The number of hydrogen-bond acceptors (Lipinski definition) is 3. The molecule has 0 unspecified atom stereocenters. The van der Waals surface area contributed by atoms with Gasteiger partial charge in [-0.2, -0.15) is 0 Å². The Bertz CT molecular complexity index is 427. The van der Waals surface area contributed by atoms with E-state index < -0.39 is 0 Å². The van der Waals surface area contributed by atoms with Crippen molar-refractivity contribution in [2.75, 3.05) is 37.6 Å². The smallest absolute Gasteiger partial charge is 0.253 e. The predicted molar refractivity (Wildman–Crippen MR) is 83.4 cm³/mol. The van der Waals surface area contributed by atoms with Crippen LogP contribution in [-0.2, 0) is 0 Å². The minimum Gasteiger partial charge on any atom is -0.368 e. The molecule has 0 saturated carbocycles. The number of nitrogens with zero attached hydrogens (tertiary/aromatic N) is 1. The third kappa shape index (κ3) is 3.97. The van der Waals surface area contributed by atoms with Crippen LogP contribution in [0.3, 0.4) is 0 Å². The van der Waals surface area contributed by atoms with Crippen molar-refractivity contribution in [3.63, 3.8) is 0 Å². The number of anilines is 1. The van der Waals surface area contributed by atoms with Gasteiger partial charge in [-0.15, -0.1) is 0 Å². The summed E-state index contributed by atoms with van der Waals surface area (Å²) in [5.41, 5.74) is 1.85. The van der Waals surface area contributed by atoms with Crippen molar-refractivity contribution in [3.8, 4) is 0 Å². The highest BCUT2D eigenvalue weighted by Crippen LogP contribution is 2.20. The van der Waals surface area contributed by atoms with Gasteiger partial charge in [0.1, 0.15) is 0 Å². The maximum atomic E-state index is 12.3. The number of carbonyl (C=O) groups is 1. The number of amides is 1. The number of benzene rings is 1. The van der Waals surface area contributed by atoms with E-state index in [2.05, 4.69) is 22.5 Å². The lowest BCUT2D eigenvalue weighted by Gasteiger charge is -2.30. The van der Waals surface area contributed by atoms with E-state index in [0.29, 0.717) is 0 Å². The van der Waals surface area contributed by atoms with E-state index in [1.54, 1.807) is 0 Å². The molecule has 0 spiro atoms. The molecule has 1 aliphatic heterocycles. The van der Waals surface area contributed by atoms with E-state index in [1.807, 2.05) is 24.3 Å². The molecule has 0 radical (unpaired) electrons. The molecule has 1 fully saturated rings. The number of carbonyl (C=O) groups excluding carboxylic acids is 1. The van der Waals surface area contributed by atoms with Crippen LogP contribution in [-0.4, -0.2) is 38.6 Å². The van der Waals surface area contributed by atoms with Gasteiger partial charge in [-0.25, -0.2) is 0 Å². The molecule has 4 heteroatoms. The van der Waals surface area contributed by atoms with Crippen LogP contribution in [0.15, 0.2) is 24.3 Å². The first-order chi connectivity index (χ1) is 9.83. The lowest BCUT2D eigenvalue weighted by atomic mass is 10.1. The van der Waals surface area contributed by atoms with Crippen LogP contribution in [0.25, 0.3) is 0 Å². The maximum absolute atomic E-state index is 12.3. The minimum atomic E-state index is 0.0511. The van der Waals surface area contributed by atoms with E-state index in [4.69, 9.17) is 0 Å². The van der Waals surface area contributed by atoms with Crippen molar-refractivity contribution in [2.24, 2.45) is 0 Å². The Hall–Kier alpha value is -1.55. The highest BCUT2D eigenvalue weighted by molar-refractivity contribution is 5.99. The molecule has 0 bridgehead atoms. The van der Waals surface area contributed by atoms with Crippen LogP contribution in [0, 0.1) is 0 Å². The Kier molecular flexibility index (Phi) is 5.87. The molecule has 0 aromatic heterocycles. The number of hydrogen-bond donors (Lipinski definition) is 2. The van der Waals surface area contributed by atoms with Gasteiger partial charge in [-0.05, 0) is 18.6 Å². The molecule has 2 rings (SSSR count). The molecule has 0 atom stereocenters. The molecule has 0 aliphatic carbocycles. The van der Waals surface area contributed by atoms with Crippen LogP contribution in [0.2, 0.25) is 0 Å². The average Bonchev–Trinajstić information content (AvgIpc) is 2.52. The van der Waals surface area contributed by atoms with Crippen molar-refractivity contribution in [1.82, 2.24) is 10.6 Å². The van der Waals surface area contributed by atoms with Gasteiger partial charge in [-0.1, -0.05) is 31.9 Å². The van der Waals surface area contributed by atoms with Gasteiger partial charge in [0.05, 0.1) is 5.56 Å². The molecule has 1 saturated heterocycles. The Morgan fingerprint density at radius 2 is 2.00 bits per heavy atom. The summed E-state index contributed by atoms with van der Waals surface area (Å²) in [5.74, 6) is 0.0511. The molecule has 1 aliphatic rings. The van der Waals surface area contributed by atoms with Gasteiger partial charge in [0.2, 0.25) is 0 Å². The molecule has 110 valence electrons. The van der Waals surface area contributed by atoms with Crippen molar-refractivity contribution >= 4 is 11.6 Å². The van der Waals surface area contributed by atoms with E-state index in [-0.39, 0.29) is 5.91 Å². The molecule has 1 amide bonds. The van der Waals surface area contributed by atoms with Gasteiger partial charge < -0.3 is 15.5 Å². The Morgan fingerprint density at radius 1 is 1.25 bits per heavy atom. The molecule has 1 aromatic rings. The van der Waals surface area contributed by atoms with Crippen LogP contribution < -0.4 is 15.5 Å². The zero-order valence-corrected chi connectivity index (χ0v) is 12.3. The van der Waals surface area contributed by atoms with Crippen molar-refractivity contribution in [1.29, 1.82) is 0 Å². The third-order valence-corrected chi connectivity index (χ3v) is 3.67. The average molecular weight is 275 g/mol. The summed E-state index contributed by atoms with van der Waals surface area (Å²) < 4.78 is 0. The van der Waals surface area contributed by atoms with Crippen molar-refractivity contribution < 1.29 is 4.79 Å². The number of rotatable bonds is 6. The summed E-state index contributed by atoms with van der Waals surface area (Å²) in [7, 11) is 0. The van der Waals surface area contributed by atoms with E-state index in [1.165, 1.54) is 12.8 Å². The van der Waals surface area contributed by atoms with Gasteiger partial charge in [0.25, 0.3) is 5.91 Å². The quantitative estimate of drug-likeness (QED) is 0.781. The van der Waals surface area contributed by atoms with Crippen molar-refractivity contribution in [2.45, 2.75) is 26.2 Å². The normalized spacial score (nSPS) is 15.2. The summed E-state index contributed by atoms with van der Waals surface area (Å²) in [6.45, 7) is 6.81. The Balaban J connectivity index is 2.01. The number of nitrogens with one attached hydrogen (secondary N) is 2. The molecule has 20 heavy (non-hydrogen) atoms. The lowest BCUT2D eigenvalue weighted by molar-refractivity contribution is 0.0953. The van der Waals surface area contributed by atoms with Gasteiger partial charge >= 0.3 is 0 Å². The maximum Gasteiger partial charge on any atom is 0.253 e. The summed E-state index contributed by atoms with van der Waals surface area (Å²) in [6.07, 6.45) is 3.39. The summed E-state index contributed by atoms with van der Waals surface area (Å²) in [5, 5.41) is 6.37. The molecule has 1 aromatic carbocycles. The zero-order valence-electron chi connectivity index (χ0n) is 12.3. The molecule has 4 nitrogen and oxygen atoms in total. The first-order valence-corrected chi connectivity index (χ1v) is 7.66. The number of piperazine rings is 1. The second-order valence-electron chi connectivity index (χ2n) is 5.22. The highest BCUT2D eigenvalue weighted by Gasteiger charge is 2.17. The zero-order chi connectivity index (χ0) is 14.2. The number of unbranched alkanes of at least 4 members (excludes halogenated alkanes) is 2. The predicted octanol–water partition coefficient (Wildman–Crippen LogP) is 2.02. The minimum absolute atomic E-state index is 0.0511. The van der Waals surface area contributed by atoms with Crippen LogP contribution >= 0.6 is 0 Å². The second-order valence-corrected chi connectivity index (χ2v) is 5.22. The fourth-order valence-electron chi connectivity index (χ4n) is 2.52. The second kappa shape index (κ2) is 7.90. The fraction of sp³-hybridized carbons (Fsp3) is 0.562. The summed E-state index contributed by atoms with van der Waals surface area (Å²) in [4.78, 5) is 14.6. The highest BCUT2D eigenvalue weighted by atomic mass is 16.1. The van der Waals surface area contributed by atoms with Gasteiger partial charge in [-0.3, -0.25) is 4.79 Å². The summed E-state index contributed by atoms with van der Waals surface area (Å²) >= 11 is 0. The fourth-order valence-corrected chi connectivity index (χ4v) is 2.52. The monoisotopic (exact) mass is 275 g/mol. The Labute approximate surface area is 121 Å². The Morgan fingerprint density at radius 3 is 2.75 bits per heavy atom. The summed E-state index contributed by atoms with van der Waals surface area (Å²) in [6, 6.07) is 7.91. The van der Waals surface area contributed by atoms with Crippen LogP contribution in [0.4, 0.5) is 5.69 Å². The first-order valence-electron chi connectivity index (χ1n) is 7.66. The molecular weight excluding hydrogens is 250 g/mol. The van der Waals surface area contributed by atoms with E-state index in [0.717, 1.165) is 50.4 Å². The van der Waals surface area contributed by atoms with Crippen LogP contribution in [0.1, 0.15) is 36.5 Å². The molecule has 1 heterocycles. The van der Waals surface area contributed by atoms with E-state index >= 15 is 0 Å². The third-order valence-electron chi connectivity index (χ3n) is 3.67. The largest absolute Gasteiger partial charge is 0.368 e. The van der Waals surface area contributed by atoms with Crippen molar-refractivity contribution in [3.05, 3.63) is 29.8 Å².